The van der Waals surface area contributed by atoms with Gasteiger partial charge in [0.15, 0.2) is 0 Å². The van der Waals surface area contributed by atoms with Crippen molar-refractivity contribution in [2.75, 3.05) is 31.1 Å². The van der Waals surface area contributed by atoms with E-state index < -0.39 is 0 Å². The lowest BCUT2D eigenvalue weighted by molar-refractivity contribution is 0.238. The van der Waals surface area contributed by atoms with Gasteiger partial charge in [0.25, 0.3) is 0 Å². The standard InChI is InChI=1S/C11H16IN5S/c1-8(10(13)18)16-2-4-17(5-3-16)11-9(12)6-14-7-15-11/h6-8H,2-5H2,1H3,(H2,13,18). The Balaban J connectivity index is 1.99. The SMILES string of the molecule is CC(C(N)=S)N1CCN(c2ncncc2I)CC1. The summed E-state index contributed by atoms with van der Waals surface area (Å²) in [6.45, 7) is 5.86. The van der Waals surface area contributed by atoms with E-state index in [0.29, 0.717) is 4.99 Å². The van der Waals surface area contributed by atoms with E-state index in [1.807, 2.05) is 6.20 Å². The van der Waals surface area contributed by atoms with Gasteiger partial charge >= 0.3 is 0 Å². The van der Waals surface area contributed by atoms with Crippen molar-refractivity contribution in [3.05, 3.63) is 16.1 Å². The molecule has 0 aliphatic carbocycles. The Hall–Kier alpha value is -0.540. The first-order valence-electron chi connectivity index (χ1n) is 5.83. The van der Waals surface area contributed by atoms with Crippen LogP contribution in [0.4, 0.5) is 5.82 Å². The van der Waals surface area contributed by atoms with E-state index in [1.165, 1.54) is 0 Å². The highest BCUT2D eigenvalue weighted by atomic mass is 127. The fourth-order valence-electron chi connectivity index (χ4n) is 2.04. The molecule has 0 saturated carbocycles. The second kappa shape index (κ2) is 6.07. The Morgan fingerprint density at radius 2 is 2.11 bits per heavy atom. The number of halogens is 1. The lowest BCUT2D eigenvalue weighted by Gasteiger charge is -2.38. The van der Waals surface area contributed by atoms with Crippen LogP contribution in [0.1, 0.15) is 6.92 Å². The molecule has 0 radical (unpaired) electrons. The minimum Gasteiger partial charge on any atom is -0.392 e. The molecule has 18 heavy (non-hydrogen) atoms. The minimum atomic E-state index is 0.173. The topological polar surface area (TPSA) is 58.3 Å². The molecule has 2 rings (SSSR count). The summed E-state index contributed by atoms with van der Waals surface area (Å²) in [7, 11) is 0. The van der Waals surface area contributed by atoms with E-state index in [9.17, 15) is 0 Å². The fourth-order valence-corrected chi connectivity index (χ4v) is 2.83. The van der Waals surface area contributed by atoms with Gasteiger partial charge in [-0.25, -0.2) is 9.97 Å². The van der Waals surface area contributed by atoms with Gasteiger partial charge in [-0.2, -0.15) is 0 Å². The van der Waals surface area contributed by atoms with Crippen LogP contribution in [0, 0.1) is 3.57 Å². The van der Waals surface area contributed by atoms with Gasteiger partial charge in [-0.05, 0) is 29.5 Å². The van der Waals surface area contributed by atoms with Crippen molar-refractivity contribution < 1.29 is 0 Å². The maximum atomic E-state index is 5.69. The van der Waals surface area contributed by atoms with Crippen LogP contribution in [0.5, 0.6) is 0 Å². The number of nitrogens with zero attached hydrogens (tertiary/aromatic N) is 4. The molecule has 1 unspecified atom stereocenters. The first kappa shape index (κ1) is 13.9. The summed E-state index contributed by atoms with van der Waals surface area (Å²) in [5, 5.41) is 0. The molecule has 1 aliphatic heterocycles. The molecular weight excluding hydrogens is 361 g/mol. The molecule has 1 fully saturated rings. The van der Waals surface area contributed by atoms with Crippen LogP contribution in [0.15, 0.2) is 12.5 Å². The van der Waals surface area contributed by atoms with Gasteiger partial charge in [0, 0.05) is 32.4 Å². The van der Waals surface area contributed by atoms with E-state index in [0.717, 1.165) is 35.6 Å². The van der Waals surface area contributed by atoms with Gasteiger partial charge in [0.1, 0.15) is 12.1 Å². The molecule has 0 spiro atoms. The lowest BCUT2D eigenvalue weighted by Crippen LogP contribution is -2.53. The van der Waals surface area contributed by atoms with Crippen LogP contribution >= 0.6 is 34.8 Å². The first-order chi connectivity index (χ1) is 8.59. The number of hydrogen-bond donors (Lipinski definition) is 1. The summed E-state index contributed by atoms with van der Waals surface area (Å²) in [4.78, 5) is 13.5. The van der Waals surface area contributed by atoms with Crippen LogP contribution in [0.3, 0.4) is 0 Å². The quantitative estimate of drug-likeness (QED) is 0.624. The Kier molecular flexibility index (Phi) is 4.68. The summed E-state index contributed by atoms with van der Waals surface area (Å²) >= 11 is 7.31. The van der Waals surface area contributed by atoms with Gasteiger partial charge in [0.05, 0.1) is 14.6 Å². The molecule has 0 amide bonds. The first-order valence-corrected chi connectivity index (χ1v) is 7.32. The van der Waals surface area contributed by atoms with E-state index in [1.54, 1.807) is 6.33 Å². The van der Waals surface area contributed by atoms with Gasteiger partial charge < -0.3 is 10.6 Å². The van der Waals surface area contributed by atoms with Crippen molar-refractivity contribution in [1.82, 2.24) is 14.9 Å². The highest BCUT2D eigenvalue weighted by Gasteiger charge is 2.23. The van der Waals surface area contributed by atoms with E-state index >= 15 is 0 Å². The molecule has 98 valence electrons. The van der Waals surface area contributed by atoms with Crippen molar-refractivity contribution in [3.8, 4) is 0 Å². The highest BCUT2D eigenvalue weighted by Crippen LogP contribution is 2.20. The summed E-state index contributed by atoms with van der Waals surface area (Å²) in [5.41, 5.74) is 5.69. The number of anilines is 1. The Labute approximate surface area is 126 Å². The largest absolute Gasteiger partial charge is 0.392 e. The molecular formula is C11H16IN5S. The van der Waals surface area contributed by atoms with Crippen LogP contribution in [0.25, 0.3) is 0 Å². The molecule has 1 aromatic heterocycles. The maximum Gasteiger partial charge on any atom is 0.145 e. The summed E-state index contributed by atoms with van der Waals surface area (Å²) in [6, 6.07) is 0.173. The predicted molar refractivity (Wildman–Crippen MR) is 84.8 cm³/mol. The summed E-state index contributed by atoms with van der Waals surface area (Å²) < 4.78 is 1.09. The molecule has 1 atom stereocenters. The third-order valence-corrected chi connectivity index (χ3v) is 4.32. The average molecular weight is 377 g/mol. The number of piperazine rings is 1. The maximum absolute atomic E-state index is 5.69. The molecule has 2 heterocycles. The van der Waals surface area contributed by atoms with Crippen molar-refractivity contribution >= 4 is 45.6 Å². The molecule has 7 heteroatoms. The zero-order valence-corrected chi connectivity index (χ0v) is 13.2. The van der Waals surface area contributed by atoms with Crippen LogP contribution in [-0.4, -0.2) is 52.1 Å². The summed E-state index contributed by atoms with van der Waals surface area (Å²) in [5.74, 6) is 1.02. The summed E-state index contributed by atoms with van der Waals surface area (Å²) in [6.07, 6.45) is 3.44. The van der Waals surface area contributed by atoms with Crippen molar-refractivity contribution in [2.45, 2.75) is 13.0 Å². The van der Waals surface area contributed by atoms with Crippen molar-refractivity contribution in [1.29, 1.82) is 0 Å². The molecule has 1 saturated heterocycles. The molecule has 2 N–H and O–H groups in total. The van der Waals surface area contributed by atoms with E-state index in [-0.39, 0.29) is 6.04 Å². The zero-order chi connectivity index (χ0) is 13.1. The van der Waals surface area contributed by atoms with E-state index in [2.05, 4.69) is 49.3 Å². The van der Waals surface area contributed by atoms with Gasteiger partial charge in [-0.1, -0.05) is 12.2 Å². The zero-order valence-electron chi connectivity index (χ0n) is 10.2. The number of rotatable bonds is 3. The lowest BCUT2D eigenvalue weighted by atomic mass is 10.2. The molecule has 1 aliphatic rings. The second-order valence-electron chi connectivity index (χ2n) is 4.30. The molecule has 0 aromatic carbocycles. The minimum absolute atomic E-state index is 0.173. The normalized spacial score (nSPS) is 18.7. The number of hydrogen-bond acceptors (Lipinski definition) is 5. The smallest absolute Gasteiger partial charge is 0.145 e. The van der Waals surface area contributed by atoms with Gasteiger partial charge in [-0.15, -0.1) is 0 Å². The van der Waals surface area contributed by atoms with Crippen LogP contribution in [-0.2, 0) is 0 Å². The van der Waals surface area contributed by atoms with Gasteiger partial charge in [0.2, 0.25) is 0 Å². The van der Waals surface area contributed by atoms with Gasteiger partial charge in [-0.3, -0.25) is 4.90 Å². The van der Waals surface area contributed by atoms with Crippen LogP contribution < -0.4 is 10.6 Å². The Morgan fingerprint density at radius 1 is 1.44 bits per heavy atom. The number of aromatic nitrogens is 2. The fraction of sp³-hybridized carbons (Fsp3) is 0.545. The Morgan fingerprint density at radius 3 is 2.67 bits per heavy atom. The molecule has 5 nitrogen and oxygen atoms in total. The second-order valence-corrected chi connectivity index (χ2v) is 5.93. The average Bonchev–Trinajstić information content (AvgIpc) is 2.38. The van der Waals surface area contributed by atoms with Crippen LogP contribution in [0.2, 0.25) is 0 Å². The van der Waals surface area contributed by atoms with E-state index in [4.69, 9.17) is 18.0 Å². The number of thiocarbonyl (C=S) groups is 1. The van der Waals surface area contributed by atoms with Crippen molar-refractivity contribution in [2.24, 2.45) is 5.73 Å². The predicted octanol–water partition coefficient (Wildman–Crippen LogP) is 0.878. The number of nitrogens with two attached hydrogens (primary N) is 1. The highest BCUT2D eigenvalue weighted by molar-refractivity contribution is 14.1. The third kappa shape index (κ3) is 3.07. The van der Waals surface area contributed by atoms with Crippen molar-refractivity contribution in [3.63, 3.8) is 0 Å². The molecule has 0 bridgehead atoms. The monoisotopic (exact) mass is 377 g/mol. The Bertz CT molecular complexity index is 433. The molecule has 1 aromatic rings. The third-order valence-electron chi connectivity index (χ3n) is 3.22.